The molecule has 1 heterocycles. The summed E-state index contributed by atoms with van der Waals surface area (Å²) in [6.45, 7) is 2.15. The fourth-order valence-electron chi connectivity index (χ4n) is 1.56. The molecule has 0 unspecified atom stereocenters. The highest BCUT2D eigenvalue weighted by molar-refractivity contribution is 5.10. The van der Waals surface area contributed by atoms with E-state index in [9.17, 15) is 4.79 Å². The number of aromatic amines is 1. The first-order chi connectivity index (χ1) is 6.79. The lowest BCUT2D eigenvalue weighted by Gasteiger charge is -2.01. The van der Waals surface area contributed by atoms with Gasteiger partial charge in [-0.15, -0.1) is 0 Å². The molecule has 1 aliphatic rings. The smallest absolute Gasteiger partial charge is 0.251 e. The van der Waals surface area contributed by atoms with Crippen molar-refractivity contribution in [1.82, 2.24) is 9.97 Å². The van der Waals surface area contributed by atoms with Gasteiger partial charge in [0.1, 0.15) is 5.82 Å². The number of aromatic nitrogens is 2. The molecule has 0 amide bonds. The largest absolute Gasteiger partial charge is 0.310 e. The van der Waals surface area contributed by atoms with Crippen LogP contribution in [0, 0.1) is 0 Å². The molecule has 1 aromatic rings. The van der Waals surface area contributed by atoms with Crippen molar-refractivity contribution < 1.29 is 0 Å². The van der Waals surface area contributed by atoms with Crippen molar-refractivity contribution in [3.05, 3.63) is 27.9 Å². The lowest BCUT2D eigenvalue weighted by molar-refractivity contribution is 0.756. The summed E-state index contributed by atoms with van der Waals surface area (Å²) >= 11 is 0. The molecule has 0 saturated heterocycles. The molecule has 2 rings (SSSR count). The quantitative estimate of drug-likeness (QED) is 0.793. The summed E-state index contributed by atoms with van der Waals surface area (Å²) in [5, 5.41) is 0. The highest BCUT2D eigenvalue weighted by atomic mass is 16.1. The summed E-state index contributed by atoms with van der Waals surface area (Å²) in [5.41, 5.74) is 0.963. The second kappa shape index (κ2) is 3.95. The Bertz CT molecular complexity index is 366. The molecule has 14 heavy (non-hydrogen) atoms. The topological polar surface area (TPSA) is 45.8 Å². The van der Waals surface area contributed by atoms with Crippen molar-refractivity contribution >= 4 is 0 Å². The van der Waals surface area contributed by atoms with E-state index in [0.717, 1.165) is 30.8 Å². The maximum Gasteiger partial charge on any atom is 0.251 e. The number of unbranched alkanes of at least 4 members (excludes halogenated alkanes) is 1. The minimum absolute atomic E-state index is 0.00741. The van der Waals surface area contributed by atoms with E-state index < -0.39 is 0 Å². The zero-order valence-electron chi connectivity index (χ0n) is 8.55. The maximum absolute atomic E-state index is 11.3. The highest BCUT2D eigenvalue weighted by Gasteiger charge is 2.26. The van der Waals surface area contributed by atoms with Crippen molar-refractivity contribution in [2.24, 2.45) is 0 Å². The first-order valence-corrected chi connectivity index (χ1v) is 5.39. The number of aryl methyl sites for hydroxylation is 1. The van der Waals surface area contributed by atoms with Gasteiger partial charge in [0.15, 0.2) is 0 Å². The summed E-state index contributed by atoms with van der Waals surface area (Å²) in [6, 6.07) is 1.63. The fourth-order valence-corrected chi connectivity index (χ4v) is 1.56. The van der Waals surface area contributed by atoms with E-state index in [0.29, 0.717) is 5.92 Å². The monoisotopic (exact) mass is 192 g/mol. The molecular weight excluding hydrogens is 176 g/mol. The molecule has 3 heteroatoms. The third-order valence-electron chi connectivity index (χ3n) is 2.56. The standard InChI is InChI=1S/C11H16N2O/c1-2-3-4-9-7-10(14)13-11(12-9)8-5-6-8/h7-8H,2-6H2,1H3,(H,12,13,14). The lowest BCUT2D eigenvalue weighted by atomic mass is 10.2. The molecule has 0 spiro atoms. The van der Waals surface area contributed by atoms with Gasteiger partial charge in [0.25, 0.3) is 5.56 Å². The molecule has 1 aromatic heterocycles. The van der Waals surface area contributed by atoms with Gasteiger partial charge in [-0.1, -0.05) is 13.3 Å². The minimum atomic E-state index is 0.00741. The Balaban J connectivity index is 2.18. The van der Waals surface area contributed by atoms with Gasteiger partial charge in [-0.25, -0.2) is 4.98 Å². The van der Waals surface area contributed by atoms with Crippen LogP contribution in [0.15, 0.2) is 10.9 Å². The van der Waals surface area contributed by atoms with Gasteiger partial charge < -0.3 is 4.98 Å². The van der Waals surface area contributed by atoms with Gasteiger partial charge in [-0.3, -0.25) is 4.79 Å². The Labute approximate surface area is 83.6 Å². The zero-order chi connectivity index (χ0) is 9.97. The number of hydrogen-bond donors (Lipinski definition) is 1. The summed E-state index contributed by atoms with van der Waals surface area (Å²) in [5.74, 6) is 1.44. The molecule has 0 radical (unpaired) electrons. The van der Waals surface area contributed by atoms with Crippen LogP contribution in [0.1, 0.15) is 50.0 Å². The molecule has 1 saturated carbocycles. The second-order valence-corrected chi connectivity index (χ2v) is 4.00. The van der Waals surface area contributed by atoms with Crippen LogP contribution in [0.3, 0.4) is 0 Å². The van der Waals surface area contributed by atoms with Crippen molar-refractivity contribution in [3.8, 4) is 0 Å². The van der Waals surface area contributed by atoms with Crippen LogP contribution in [0.4, 0.5) is 0 Å². The number of rotatable bonds is 4. The predicted octanol–water partition coefficient (Wildman–Crippen LogP) is 1.99. The van der Waals surface area contributed by atoms with Crippen molar-refractivity contribution in [1.29, 1.82) is 0 Å². The third-order valence-corrected chi connectivity index (χ3v) is 2.56. The molecule has 1 aliphatic carbocycles. The van der Waals surface area contributed by atoms with E-state index in [-0.39, 0.29) is 5.56 Å². The number of hydrogen-bond acceptors (Lipinski definition) is 2. The summed E-state index contributed by atoms with van der Waals surface area (Å²) in [7, 11) is 0. The van der Waals surface area contributed by atoms with Gasteiger partial charge >= 0.3 is 0 Å². The van der Waals surface area contributed by atoms with Crippen molar-refractivity contribution in [3.63, 3.8) is 0 Å². The number of H-pyrrole nitrogens is 1. The highest BCUT2D eigenvalue weighted by Crippen LogP contribution is 2.37. The van der Waals surface area contributed by atoms with E-state index in [1.165, 1.54) is 12.8 Å². The molecule has 0 atom stereocenters. The third kappa shape index (κ3) is 2.22. The first-order valence-electron chi connectivity index (χ1n) is 5.39. The van der Waals surface area contributed by atoms with E-state index in [4.69, 9.17) is 0 Å². The Morgan fingerprint density at radius 1 is 1.57 bits per heavy atom. The molecule has 76 valence electrons. The SMILES string of the molecule is CCCCc1cc(=O)[nH]c(C2CC2)n1. The van der Waals surface area contributed by atoms with E-state index in [1.807, 2.05) is 0 Å². The Hall–Kier alpha value is -1.12. The van der Waals surface area contributed by atoms with E-state index in [1.54, 1.807) is 6.07 Å². The molecule has 3 nitrogen and oxygen atoms in total. The van der Waals surface area contributed by atoms with Gasteiger partial charge in [0.05, 0.1) is 0 Å². The Kier molecular flexibility index (Phi) is 2.66. The summed E-state index contributed by atoms with van der Waals surface area (Å²) < 4.78 is 0. The normalized spacial score (nSPS) is 15.8. The molecule has 0 aliphatic heterocycles. The van der Waals surface area contributed by atoms with E-state index in [2.05, 4.69) is 16.9 Å². The Morgan fingerprint density at radius 2 is 2.36 bits per heavy atom. The zero-order valence-corrected chi connectivity index (χ0v) is 8.55. The van der Waals surface area contributed by atoms with Gasteiger partial charge in [-0.05, 0) is 25.7 Å². The number of nitrogens with zero attached hydrogens (tertiary/aromatic N) is 1. The van der Waals surface area contributed by atoms with Crippen LogP contribution in [0.25, 0.3) is 0 Å². The van der Waals surface area contributed by atoms with E-state index >= 15 is 0 Å². The minimum Gasteiger partial charge on any atom is -0.310 e. The predicted molar refractivity (Wildman–Crippen MR) is 55.4 cm³/mol. The summed E-state index contributed by atoms with van der Waals surface area (Å²) in [4.78, 5) is 18.6. The lowest BCUT2D eigenvalue weighted by Crippen LogP contribution is -2.12. The molecular formula is C11H16N2O. The van der Waals surface area contributed by atoms with Crippen LogP contribution >= 0.6 is 0 Å². The average molecular weight is 192 g/mol. The second-order valence-electron chi connectivity index (χ2n) is 4.00. The summed E-state index contributed by atoms with van der Waals surface area (Å²) in [6.07, 6.45) is 5.55. The van der Waals surface area contributed by atoms with Crippen molar-refractivity contribution in [2.75, 3.05) is 0 Å². The van der Waals surface area contributed by atoms with Gasteiger partial charge in [0.2, 0.25) is 0 Å². The van der Waals surface area contributed by atoms with Crippen LogP contribution in [-0.2, 0) is 6.42 Å². The molecule has 0 aromatic carbocycles. The Morgan fingerprint density at radius 3 is 3.00 bits per heavy atom. The van der Waals surface area contributed by atoms with Crippen molar-refractivity contribution in [2.45, 2.75) is 44.9 Å². The van der Waals surface area contributed by atoms with Gasteiger partial charge in [0, 0.05) is 17.7 Å². The number of nitrogens with one attached hydrogen (secondary N) is 1. The molecule has 1 N–H and O–H groups in total. The molecule has 0 bridgehead atoms. The first kappa shape index (κ1) is 9.44. The maximum atomic E-state index is 11.3. The van der Waals surface area contributed by atoms with Crippen LogP contribution in [0.5, 0.6) is 0 Å². The van der Waals surface area contributed by atoms with Crippen LogP contribution < -0.4 is 5.56 Å². The van der Waals surface area contributed by atoms with Crippen LogP contribution in [-0.4, -0.2) is 9.97 Å². The van der Waals surface area contributed by atoms with Gasteiger partial charge in [-0.2, -0.15) is 0 Å². The fraction of sp³-hybridized carbons (Fsp3) is 0.636. The van der Waals surface area contributed by atoms with Crippen LogP contribution in [0.2, 0.25) is 0 Å². The average Bonchev–Trinajstić information content (AvgIpc) is 2.97. The molecule has 1 fully saturated rings.